The average molecular weight is 245 g/mol. The smallest absolute Gasteiger partial charge is 0.132 e. The second-order valence-corrected chi connectivity index (χ2v) is 4.28. The van der Waals surface area contributed by atoms with Gasteiger partial charge < -0.3 is 10.3 Å². The number of aromatic nitrogens is 4. The first kappa shape index (κ1) is 12.4. The lowest BCUT2D eigenvalue weighted by atomic mass is 10.2. The Morgan fingerprint density at radius 1 is 1.50 bits per heavy atom. The van der Waals surface area contributed by atoms with Crippen molar-refractivity contribution in [2.24, 2.45) is 0 Å². The van der Waals surface area contributed by atoms with Crippen LogP contribution >= 0.6 is 0 Å². The van der Waals surface area contributed by atoms with Crippen LogP contribution in [0.2, 0.25) is 0 Å². The molecule has 0 spiro atoms. The van der Waals surface area contributed by atoms with Gasteiger partial charge in [-0.3, -0.25) is 4.68 Å². The molecule has 2 rings (SSSR count). The lowest BCUT2D eigenvalue weighted by molar-refractivity contribution is 0.603. The van der Waals surface area contributed by atoms with Crippen LogP contribution in [0.25, 0.3) is 11.3 Å². The Morgan fingerprint density at radius 3 is 2.94 bits per heavy atom. The Balaban J connectivity index is 2.37. The van der Waals surface area contributed by atoms with Crippen LogP contribution in [-0.2, 0) is 13.1 Å². The molecule has 0 aliphatic carbocycles. The minimum atomic E-state index is 0.670. The van der Waals surface area contributed by atoms with E-state index in [1.807, 2.05) is 34.6 Å². The average Bonchev–Trinajstić information content (AvgIpc) is 2.90. The first-order valence-corrected chi connectivity index (χ1v) is 6.13. The number of aryl methyl sites for hydroxylation is 2. The lowest BCUT2D eigenvalue weighted by Gasteiger charge is -2.02. The summed E-state index contributed by atoms with van der Waals surface area (Å²) in [6, 6.07) is 0. The van der Waals surface area contributed by atoms with Crippen LogP contribution in [0.15, 0.2) is 25.0 Å². The van der Waals surface area contributed by atoms with Gasteiger partial charge in [0.25, 0.3) is 0 Å². The van der Waals surface area contributed by atoms with E-state index in [2.05, 4.69) is 23.6 Å². The third-order valence-electron chi connectivity index (χ3n) is 2.87. The fraction of sp³-hybridized carbons (Fsp3) is 0.385. The summed E-state index contributed by atoms with van der Waals surface area (Å²) >= 11 is 0. The van der Waals surface area contributed by atoms with Crippen LogP contribution in [-0.4, -0.2) is 19.3 Å². The van der Waals surface area contributed by atoms with Gasteiger partial charge in [0.1, 0.15) is 17.3 Å². The molecular formula is C13H19N5. The monoisotopic (exact) mass is 245 g/mol. The maximum atomic E-state index is 6.12. The Kier molecular flexibility index (Phi) is 3.50. The Labute approximate surface area is 107 Å². The van der Waals surface area contributed by atoms with Crippen LogP contribution in [0.4, 0.5) is 5.82 Å². The number of nitrogens with zero attached hydrogens (tertiary/aromatic N) is 4. The summed E-state index contributed by atoms with van der Waals surface area (Å²) in [5, 5.41) is 4.30. The fourth-order valence-corrected chi connectivity index (χ4v) is 1.99. The molecular weight excluding hydrogens is 226 g/mol. The van der Waals surface area contributed by atoms with Crippen LogP contribution < -0.4 is 5.73 Å². The van der Waals surface area contributed by atoms with Crippen molar-refractivity contribution >= 4 is 5.82 Å². The van der Waals surface area contributed by atoms with Crippen molar-refractivity contribution in [3.8, 4) is 11.3 Å². The summed E-state index contributed by atoms with van der Waals surface area (Å²) in [7, 11) is 0. The van der Waals surface area contributed by atoms with E-state index >= 15 is 0 Å². The maximum Gasteiger partial charge on any atom is 0.132 e. The molecule has 2 aromatic heterocycles. The largest absolute Gasteiger partial charge is 0.383 e. The number of hydrogen-bond acceptors (Lipinski definition) is 3. The van der Waals surface area contributed by atoms with Crippen LogP contribution in [0.3, 0.4) is 0 Å². The highest BCUT2D eigenvalue weighted by molar-refractivity contribution is 5.69. The zero-order chi connectivity index (χ0) is 13.1. The van der Waals surface area contributed by atoms with Crippen molar-refractivity contribution in [3.63, 3.8) is 0 Å². The summed E-state index contributed by atoms with van der Waals surface area (Å²) in [4.78, 5) is 4.51. The molecule has 2 heterocycles. The number of allylic oxidation sites excluding steroid dienone is 1. The van der Waals surface area contributed by atoms with Gasteiger partial charge in [-0.2, -0.15) is 5.10 Å². The molecule has 0 aromatic carbocycles. The maximum absolute atomic E-state index is 6.12. The third kappa shape index (κ3) is 2.16. The Morgan fingerprint density at radius 2 is 2.28 bits per heavy atom. The van der Waals surface area contributed by atoms with Gasteiger partial charge in [-0.05, 0) is 13.3 Å². The predicted molar refractivity (Wildman–Crippen MR) is 73.1 cm³/mol. The molecule has 96 valence electrons. The molecule has 2 aromatic rings. The van der Waals surface area contributed by atoms with Crippen LogP contribution in [0.1, 0.15) is 19.2 Å². The van der Waals surface area contributed by atoms with Crippen molar-refractivity contribution < 1.29 is 0 Å². The van der Waals surface area contributed by atoms with E-state index in [4.69, 9.17) is 5.73 Å². The molecule has 18 heavy (non-hydrogen) atoms. The van der Waals surface area contributed by atoms with Crippen molar-refractivity contribution in [2.45, 2.75) is 33.4 Å². The van der Waals surface area contributed by atoms with E-state index < -0.39 is 0 Å². The first-order valence-electron chi connectivity index (χ1n) is 6.13. The first-order chi connectivity index (χ1) is 8.67. The second-order valence-electron chi connectivity index (χ2n) is 4.28. The molecule has 0 unspecified atom stereocenters. The number of hydrogen-bond donors (Lipinski definition) is 1. The van der Waals surface area contributed by atoms with Gasteiger partial charge in [0, 0.05) is 24.8 Å². The minimum absolute atomic E-state index is 0.670. The molecule has 0 aliphatic heterocycles. The Bertz CT molecular complexity index is 550. The molecule has 0 bridgehead atoms. The van der Waals surface area contributed by atoms with Gasteiger partial charge in [0.15, 0.2) is 0 Å². The minimum Gasteiger partial charge on any atom is -0.383 e. The van der Waals surface area contributed by atoms with Crippen LogP contribution in [0.5, 0.6) is 0 Å². The summed E-state index contributed by atoms with van der Waals surface area (Å²) in [6.45, 7) is 9.38. The zero-order valence-electron chi connectivity index (χ0n) is 10.9. The number of rotatable bonds is 5. The fourth-order valence-electron chi connectivity index (χ4n) is 1.99. The highest BCUT2D eigenvalue weighted by Crippen LogP contribution is 2.25. The SMILES string of the molecule is C=CCn1c(C)nc(-c2cnn(CCC)c2)c1N. The number of anilines is 1. The molecule has 0 saturated carbocycles. The molecule has 0 radical (unpaired) electrons. The number of nitrogens with two attached hydrogens (primary N) is 1. The summed E-state index contributed by atoms with van der Waals surface area (Å²) in [5.74, 6) is 1.56. The highest BCUT2D eigenvalue weighted by atomic mass is 15.3. The second kappa shape index (κ2) is 5.08. The normalized spacial score (nSPS) is 10.8. The quantitative estimate of drug-likeness (QED) is 0.822. The molecule has 0 fully saturated rings. The number of imidazole rings is 1. The van der Waals surface area contributed by atoms with Gasteiger partial charge in [-0.1, -0.05) is 13.0 Å². The van der Waals surface area contributed by atoms with E-state index in [0.29, 0.717) is 12.4 Å². The molecule has 5 heteroatoms. The van der Waals surface area contributed by atoms with E-state index in [1.54, 1.807) is 0 Å². The van der Waals surface area contributed by atoms with Gasteiger partial charge in [0.05, 0.1) is 6.20 Å². The van der Waals surface area contributed by atoms with Crippen molar-refractivity contribution in [1.29, 1.82) is 0 Å². The zero-order valence-corrected chi connectivity index (χ0v) is 10.9. The van der Waals surface area contributed by atoms with Gasteiger partial charge in [-0.25, -0.2) is 4.98 Å². The molecule has 0 atom stereocenters. The van der Waals surface area contributed by atoms with Gasteiger partial charge >= 0.3 is 0 Å². The standard InChI is InChI=1S/C13H19N5/c1-4-6-17-9-11(8-15-17)12-13(14)18(7-5-2)10(3)16-12/h5,8-9H,2,4,6-7,14H2,1,3H3. The number of nitrogen functional groups attached to an aromatic ring is 1. The lowest BCUT2D eigenvalue weighted by Crippen LogP contribution is -2.03. The summed E-state index contributed by atoms with van der Waals surface area (Å²) in [5.41, 5.74) is 7.89. The van der Waals surface area contributed by atoms with Crippen molar-refractivity contribution in [1.82, 2.24) is 19.3 Å². The van der Waals surface area contributed by atoms with E-state index in [9.17, 15) is 0 Å². The highest BCUT2D eigenvalue weighted by Gasteiger charge is 2.14. The van der Waals surface area contributed by atoms with Crippen molar-refractivity contribution in [3.05, 3.63) is 30.9 Å². The predicted octanol–water partition coefficient (Wildman–Crippen LogP) is 2.23. The topological polar surface area (TPSA) is 61.7 Å². The summed E-state index contributed by atoms with van der Waals surface area (Å²) < 4.78 is 3.86. The molecule has 0 saturated heterocycles. The molecule has 5 nitrogen and oxygen atoms in total. The van der Waals surface area contributed by atoms with Gasteiger partial charge in [0.2, 0.25) is 0 Å². The van der Waals surface area contributed by atoms with Crippen LogP contribution in [0, 0.1) is 6.92 Å². The van der Waals surface area contributed by atoms with E-state index in [0.717, 1.165) is 30.0 Å². The Hall–Kier alpha value is -2.04. The molecule has 2 N–H and O–H groups in total. The van der Waals surface area contributed by atoms with E-state index in [-0.39, 0.29) is 0 Å². The molecule has 0 amide bonds. The molecule has 0 aliphatic rings. The van der Waals surface area contributed by atoms with Gasteiger partial charge in [-0.15, -0.1) is 6.58 Å². The van der Waals surface area contributed by atoms with Crippen molar-refractivity contribution in [2.75, 3.05) is 5.73 Å². The van der Waals surface area contributed by atoms with E-state index in [1.165, 1.54) is 0 Å². The summed E-state index contributed by atoms with van der Waals surface area (Å²) in [6.07, 6.45) is 6.67. The third-order valence-corrected chi connectivity index (χ3v) is 2.87.